The van der Waals surface area contributed by atoms with E-state index in [0.29, 0.717) is 39.5 Å². The molecule has 5 rings (SSSR count). The summed E-state index contributed by atoms with van der Waals surface area (Å²) in [5.74, 6) is 1.13. The highest BCUT2D eigenvalue weighted by Crippen LogP contribution is 2.39. The first-order valence-corrected chi connectivity index (χ1v) is 11.8. The highest BCUT2D eigenvalue weighted by atomic mass is 32.1. The third-order valence-electron chi connectivity index (χ3n) is 6.43. The average Bonchev–Trinajstić information content (AvgIpc) is 2.92. The van der Waals surface area contributed by atoms with Crippen molar-refractivity contribution in [2.24, 2.45) is 5.92 Å². The number of nitrogens with one attached hydrogen (secondary N) is 1. The molecule has 0 saturated carbocycles. The van der Waals surface area contributed by atoms with Crippen LogP contribution in [0, 0.1) is 17.2 Å². The van der Waals surface area contributed by atoms with Crippen LogP contribution in [0.5, 0.6) is 0 Å². The van der Waals surface area contributed by atoms with Gasteiger partial charge in [-0.05, 0) is 61.8 Å². The van der Waals surface area contributed by atoms with Gasteiger partial charge in [-0.25, -0.2) is 4.98 Å². The molecule has 3 aromatic rings. The maximum Gasteiger partial charge on any atom is 0.261 e. The van der Waals surface area contributed by atoms with Crippen molar-refractivity contribution in [1.29, 1.82) is 5.26 Å². The highest BCUT2D eigenvalue weighted by molar-refractivity contribution is 7.16. The summed E-state index contributed by atoms with van der Waals surface area (Å²) < 4.78 is 1.78. The van der Waals surface area contributed by atoms with Crippen molar-refractivity contribution in [2.75, 3.05) is 5.32 Å². The van der Waals surface area contributed by atoms with Gasteiger partial charge in [0.1, 0.15) is 16.9 Å². The maximum absolute atomic E-state index is 13.0. The molecule has 1 aliphatic heterocycles. The maximum atomic E-state index is 13.0. The minimum Gasteiger partial charge on any atom is -0.312 e. The standard InChI is InChI=1S/C24H24N4O2S/c1-14-6-8-16-18(13-25)23(31-20(16)11-14)27-22(29)15-7-9-17-19(12-15)26-21-5-3-2-4-10-28(21)24(17)30/h7,9,12,14H,2-6,8,10-11H2,1H3,(H,27,29)/t14-/m0/s1. The van der Waals surface area contributed by atoms with Crippen LogP contribution in [0.2, 0.25) is 0 Å². The summed E-state index contributed by atoms with van der Waals surface area (Å²) >= 11 is 1.52. The van der Waals surface area contributed by atoms with E-state index in [9.17, 15) is 14.9 Å². The zero-order chi connectivity index (χ0) is 21.5. The lowest BCUT2D eigenvalue weighted by Gasteiger charge is -2.17. The molecule has 0 spiro atoms. The number of hydrogen-bond donors (Lipinski definition) is 1. The van der Waals surface area contributed by atoms with Crippen molar-refractivity contribution in [3.8, 4) is 6.07 Å². The molecule has 1 atom stereocenters. The number of benzene rings is 1. The Kier molecular flexibility index (Phi) is 5.11. The van der Waals surface area contributed by atoms with E-state index in [1.807, 2.05) is 0 Å². The van der Waals surface area contributed by atoms with Gasteiger partial charge in [-0.15, -0.1) is 11.3 Å². The Morgan fingerprint density at radius 3 is 3.00 bits per heavy atom. The van der Waals surface area contributed by atoms with E-state index >= 15 is 0 Å². The molecular formula is C24H24N4O2S. The molecular weight excluding hydrogens is 408 g/mol. The molecule has 2 aliphatic rings. The normalized spacial score (nSPS) is 18.0. The number of thiophene rings is 1. The Morgan fingerprint density at radius 1 is 1.29 bits per heavy atom. The van der Waals surface area contributed by atoms with E-state index in [1.54, 1.807) is 22.8 Å². The van der Waals surface area contributed by atoms with Crippen LogP contribution in [0.25, 0.3) is 10.9 Å². The molecule has 6 nitrogen and oxygen atoms in total. The summed E-state index contributed by atoms with van der Waals surface area (Å²) in [5.41, 5.74) is 2.67. The van der Waals surface area contributed by atoms with Gasteiger partial charge in [-0.1, -0.05) is 13.3 Å². The largest absolute Gasteiger partial charge is 0.312 e. The minimum atomic E-state index is -0.276. The number of anilines is 1. The fraction of sp³-hybridized carbons (Fsp3) is 0.417. The number of nitriles is 1. The van der Waals surface area contributed by atoms with Crippen LogP contribution in [0.3, 0.4) is 0 Å². The quantitative estimate of drug-likeness (QED) is 0.649. The lowest BCUT2D eigenvalue weighted by atomic mass is 9.88. The van der Waals surface area contributed by atoms with Gasteiger partial charge >= 0.3 is 0 Å². The molecule has 0 saturated heterocycles. The molecule has 1 aliphatic carbocycles. The molecule has 7 heteroatoms. The van der Waals surface area contributed by atoms with Crippen molar-refractivity contribution in [2.45, 2.75) is 58.4 Å². The summed E-state index contributed by atoms with van der Waals surface area (Å²) in [6.07, 6.45) is 6.81. The molecule has 0 radical (unpaired) electrons. The molecule has 0 fully saturated rings. The number of carbonyl (C=O) groups is 1. The van der Waals surface area contributed by atoms with Crippen molar-refractivity contribution < 1.29 is 4.79 Å². The van der Waals surface area contributed by atoms with Gasteiger partial charge in [0.2, 0.25) is 0 Å². The second-order valence-corrected chi connectivity index (χ2v) is 9.75. The molecule has 0 unspecified atom stereocenters. The summed E-state index contributed by atoms with van der Waals surface area (Å²) in [5, 5.41) is 13.8. The first-order chi connectivity index (χ1) is 15.0. The molecule has 31 heavy (non-hydrogen) atoms. The van der Waals surface area contributed by atoms with Crippen LogP contribution >= 0.6 is 11.3 Å². The van der Waals surface area contributed by atoms with Crippen LogP contribution in [0.15, 0.2) is 23.0 Å². The monoisotopic (exact) mass is 432 g/mol. The van der Waals surface area contributed by atoms with Crippen molar-refractivity contribution in [1.82, 2.24) is 9.55 Å². The first-order valence-electron chi connectivity index (χ1n) is 10.9. The lowest BCUT2D eigenvalue weighted by Crippen LogP contribution is -2.24. The first kappa shape index (κ1) is 20.0. The van der Waals surface area contributed by atoms with Crippen molar-refractivity contribution in [3.63, 3.8) is 0 Å². The van der Waals surface area contributed by atoms with Gasteiger partial charge in [0.15, 0.2) is 0 Å². The molecule has 0 bridgehead atoms. The molecule has 2 aromatic heterocycles. The summed E-state index contributed by atoms with van der Waals surface area (Å²) in [4.78, 5) is 31.8. The fourth-order valence-electron chi connectivity index (χ4n) is 4.69. The van der Waals surface area contributed by atoms with Gasteiger partial charge in [0.05, 0.1) is 16.5 Å². The second kappa shape index (κ2) is 7.93. The van der Waals surface area contributed by atoms with Gasteiger partial charge < -0.3 is 5.32 Å². The van der Waals surface area contributed by atoms with E-state index in [2.05, 4.69) is 18.3 Å². The Bertz CT molecular complexity index is 1300. The van der Waals surface area contributed by atoms with Crippen LogP contribution < -0.4 is 10.9 Å². The number of nitrogens with zero attached hydrogens (tertiary/aromatic N) is 3. The second-order valence-electron chi connectivity index (χ2n) is 8.65. The molecule has 3 heterocycles. The Balaban J connectivity index is 1.48. The van der Waals surface area contributed by atoms with Crippen LogP contribution in [-0.2, 0) is 25.8 Å². The third-order valence-corrected chi connectivity index (χ3v) is 7.60. The van der Waals surface area contributed by atoms with Gasteiger partial charge in [-0.3, -0.25) is 14.2 Å². The zero-order valence-corrected chi connectivity index (χ0v) is 18.3. The van der Waals surface area contributed by atoms with E-state index in [0.717, 1.165) is 56.3 Å². The number of fused-ring (bicyclic) bond motifs is 3. The number of amides is 1. The lowest BCUT2D eigenvalue weighted by molar-refractivity contribution is 0.102. The number of rotatable bonds is 2. The predicted molar refractivity (Wildman–Crippen MR) is 122 cm³/mol. The van der Waals surface area contributed by atoms with Gasteiger partial charge in [-0.2, -0.15) is 5.26 Å². The number of carbonyl (C=O) groups excluding carboxylic acids is 1. The average molecular weight is 433 g/mol. The van der Waals surface area contributed by atoms with E-state index in [4.69, 9.17) is 4.98 Å². The summed E-state index contributed by atoms with van der Waals surface area (Å²) in [6, 6.07) is 7.36. The minimum absolute atomic E-state index is 0.0272. The smallest absolute Gasteiger partial charge is 0.261 e. The summed E-state index contributed by atoms with van der Waals surface area (Å²) in [7, 11) is 0. The van der Waals surface area contributed by atoms with E-state index < -0.39 is 0 Å². The molecule has 1 amide bonds. The SMILES string of the molecule is C[C@H]1CCc2c(sc(NC(=O)c3ccc4c(=O)n5c(nc4c3)CCCCC5)c2C#N)C1. The van der Waals surface area contributed by atoms with Crippen LogP contribution in [-0.4, -0.2) is 15.5 Å². The van der Waals surface area contributed by atoms with Gasteiger partial charge in [0.25, 0.3) is 11.5 Å². The highest BCUT2D eigenvalue weighted by Gasteiger charge is 2.25. The number of hydrogen-bond acceptors (Lipinski definition) is 5. The van der Waals surface area contributed by atoms with Crippen molar-refractivity contribution in [3.05, 3.63) is 55.9 Å². The predicted octanol–water partition coefficient (Wildman–Crippen LogP) is 4.43. The Morgan fingerprint density at radius 2 is 2.16 bits per heavy atom. The topological polar surface area (TPSA) is 87.8 Å². The summed E-state index contributed by atoms with van der Waals surface area (Å²) in [6.45, 7) is 2.93. The molecule has 1 aromatic carbocycles. The molecule has 158 valence electrons. The van der Waals surface area contributed by atoms with Crippen LogP contribution in [0.1, 0.15) is 64.8 Å². The zero-order valence-electron chi connectivity index (χ0n) is 17.5. The Hall–Kier alpha value is -2.98. The fourth-order valence-corrected chi connectivity index (χ4v) is 6.05. The molecule has 1 N–H and O–H groups in total. The Labute approximate surface area is 184 Å². The third kappa shape index (κ3) is 3.55. The van der Waals surface area contributed by atoms with E-state index in [-0.39, 0.29) is 11.5 Å². The van der Waals surface area contributed by atoms with E-state index in [1.165, 1.54) is 16.2 Å². The van der Waals surface area contributed by atoms with Crippen molar-refractivity contribution >= 4 is 33.1 Å². The van der Waals surface area contributed by atoms with Crippen LogP contribution in [0.4, 0.5) is 5.00 Å². The van der Waals surface area contributed by atoms with Gasteiger partial charge in [0, 0.05) is 23.4 Å². The number of aromatic nitrogens is 2. The number of aryl methyl sites for hydroxylation is 1.